The van der Waals surface area contributed by atoms with Crippen LogP contribution in [0.25, 0.3) is 0 Å². The van der Waals surface area contributed by atoms with E-state index in [9.17, 15) is 9.59 Å². The maximum absolute atomic E-state index is 11.7. The van der Waals surface area contributed by atoms with Crippen molar-refractivity contribution in [1.82, 2.24) is 5.32 Å². The minimum atomic E-state index is -0.938. The number of amides is 2. The molecule has 0 bridgehead atoms. The molecule has 0 saturated heterocycles. The zero-order valence-corrected chi connectivity index (χ0v) is 10.8. The fourth-order valence-corrected chi connectivity index (χ4v) is 1.83. The predicted octanol–water partition coefficient (Wildman–Crippen LogP) is 0.720. The Morgan fingerprint density at radius 1 is 1.39 bits per heavy atom. The normalized spacial score (nSPS) is 13.7. The average molecular weight is 270 g/mol. The molecular formula is C12H16ClN3O2. The maximum Gasteiger partial charge on any atom is 0.237 e. The van der Waals surface area contributed by atoms with Gasteiger partial charge >= 0.3 is 0 Å². The number of carbonyl (C=O) groups excluding carboxylic acids is 2. The van der Waals surface area contributed by atoms with Crippen LogP contribution in [-0.4, -0.2) is 17.9 Å². The molecule has 0 aliphatic carbocycles. The molecule has 1 aromatic rings. The summed E-state index contributed by atoms with van der Waals surface area (Å²) in [5, 5.41) is 3.25. The second-order valence-corrected chi connectivity index (χ2v) is 4.44. The Labute approximate surface area is 110 Å². The number of primary amides is 1. The highest BCUT2D eigenvalue weighted by molar-refractivity contribution is 6.31. The predicted molar refractivity (Wildman–Crippen MR) is 69.8 cm³/mol. The van der Waals surface area contributed by atoms with Gasteiger partial charge in [0.15, 0.2) is 0 Å². The van der Waals surface area contributed by atoms with Gasteiger partial charge in [0.2, 0.25) is 11.8 Å². The van der Waals surface area contributed by atoms with Crippen LogP contribution in [0.3, 0.4) is 0 Å². The van der Waals surface area contributed by atoms with Crippen LogP contribution in [0.4, 0.5) is 0 Å². The summed E-state index contributed by atoms with van der Waals surface area (Å²) in [6.45, 7) is 1.79. The van der Waals surface area contributed by atoms with Gasteiger partial charge in [-0.05, 0) is 18.6 Å². The van der Waals surface area contributed by atoms with E-state index in [1.807, 2.05) is 12.1 Å². The van der Waals surface area contributed by atoms with Crippen molar-refractivity contribution in [3.8, 4) is 0 Å². The number of nitrogens with one attached hydrogen (secondary N) is 1. The lowest BCUT2D eigenvalue weighted by atomic mass is 10.1. The third-order valence-electron chi connectivity index (χ3n) is 2.49. The van der Waals surface area contributed by atoms with E-state index >= 15 is 0 Å². The van der Waals surface area contributed by atoms with Gasteiger partial charge < -0.3 is 16.8 Å². The van der Waals surface area contributed by atoms with Gasteiger partial charge in [-0.3, -0.25) is 9.59 Å². The Hall–Kier alpha value is -1.59. The number of carbonyl (C=O) groups is 2. The second kappa shape index (κ2) is 6.37. The maximum atomic E-state index is 11.7. The Balaban J connectivity index is 2.65. The summed E-state index contributed by atoms with van der Waals surface area (Å²) in [6.07, 6.45) is -0.179. The van der Waals surface area contributed by atoms with E-state index in [0.29, 0.717) is 5.02 Å². The number of hydrogen-bond acceptors (Lipinski definition) is 3. The van der Waals surface area contributed by atoms with E-state index in [0.717, 1.165) is 5.56 Å². The molecule has 2 unspecified atom stereocenters. The van der Waals surface area contributed by atoms with E-state index in [1.165, 1.54) is 0 Å². The smallest absolute Gasteiger partial charge is 0.237 e. The minimum Gasteiger partial charge on any atom is -0.370 e. The molecule has 0 aromatic heterocycles. The van der Waals surface area contributed by atoms with Crippen LogP contribution in [0, 0.1) is 0 Å². The summed E-state index contributed by atoms with van der Waals surface area (Å²) in [4.78, 5) is 22.4. The molecule has 0 fully saturated rings. The number of hydrogen-bond donors (Lipinski definition) is 3. The van der Waals surface area contributed by atoms with Crippen molar-refractivity contribution in [2.24, 2.45) is 11.5 Å². The summed E-state index contributed by atoms with van der Waals surface area (Å²) in [5.74, 6) is -1.04. The summed E-state index contributed by atoms with van der Waals surface area (Å²) in [5.41, 5.74) is 11.3. The topological polar surface area (TPSA) is 98.2 Å². The van der Waals surface area contributed by atoms with E-state index in [-0.39, 0.29) is 12.5 Å². The van der Waals surface area contributed by atoms with Gasteiger partial charge in [-0.2, -0.15) is 0 Å². The quantitative estimate of drug-likeness (QED) is 0.734. The molecular weight excluding hydrogens is 254 g/mol. The zero-order valence-electron chi connectivity index (χ0n) is 10.0. The molecule has 1 aromatic carbocycles. The fourth-order valence-electron chi connectivity index (χ4n) is 1.53. The first kappa shape index (κ1) is 14.5. The molecule has 0 aliphatic heterocycles. The van der Waals surface area contributed by atoms with Crippen molar-refractivity contribution < 1.29 is 9.59 Å². The summed E-state index contributed by atoms with van der Waals surface area (Å²) < 4.78 is 0. The number of nitrogens with two attached hydrogens (primary N) is 2. The van der Waals surface area contributed by atoms with Crippen molar-refractivity contribution in [3.05, 3.63) is 34.9 Å². The first-order valence-corrected chi connectivity index (χ1v) is 5.88. The van der Waals surface area contributed by atoms with Crippen LogP contribution >= 0.6 is 11.6 Å². The van der Waals surface area contributed by atoms with Crippen LogP contribution in [0.1, 0.15) is 24.9 Å². The Bertz CT molecular complexity index is 451. The van der Waals surface area contributed by atoms with Crippen LogP contribution in [-0.2, 0) is 9.59 Å². The fraction of sp³-hybridized carbons (Fsp3) is 0.333. The van der Waals surface area contributed by atoms with E-state index in [2.05, 4.69) is 5.32 Å². The highest BCUT2D eigenvalue weighted by Gasteiger charge is 2.19. The third kappa shape index (κ3) is 4.01. The Kier molecular flexibility index (Phi) is 5.12. The van der Waals surface area contributed by atoms with Gasteiger partial charge in [-0.15, -0.1) is 0 Å². The standard InChI is InChI=1S/C12H16ClN3O2/c1-7(8-4-2-3-5-9(8)13)16-12(18)10(14)6-11(15)17/h2-5,7,10H,6,14H2,1H3,(H2,15,17)(H,16,18). The lowest BCUT2D eigenvalue weighted by Gasteiger charge is -2.18. The molecule has 0 saturated carbocycles. The summed E-state index contributed by atoms with van der Waals surface area (Å²) >= 11 is 6.01. The Morgan fingerprint density at radius 3 is 2.56 bits per heavy atom. The molecule has 0 spiro atoms. The SMILES string of the molecule is CC(NC(=O)C(N)CC(N)=O)c1ccccc1Cl. The summed E-state index contributed by atoms with van der Waals surface area (Å²) in [6, 6.07) is 5.96. The molecule has 5 nitrogen and oxygen atoms in total. The van der Waals surface area contributed by atoms with Crippen molar-refractivity contribution in [1.29, 1.82) is 0 Å². The van der Waals surface area contributed by atoms with Gasteiger partial charge in [0.25, 0.3) is 0 Å². The summed E-state index contributed by atoms with van der Waals surface area (Å²) in [7, 11) is 0. The number of halogens is 1. The largest absolute Gasteiger partial charge is 0.370 e. The lowest BCUT2D eigenvalue weighted by Crippen LogP contribution is -2.43. The molecule has 2 amide bonds. The van der Waals surface area contributed by atoms with E-state index < -0.39 is 17.9 Å². The van der Waals surface area contributed by atoms with Gasteiger partial charge in [0.1, 0.15) is 0 Å². The molecule has 1 rings (SSSR count). The van der Waals surface area contributed by atoms with Crippen molar-refractivity contribution in [2.75, 3.05) is 0 Å². The van der Waals surface area contributed by atoms with Crippen LogP contribution in [0.15, 0.2) is 24.3 Å². The number of benzene rings is 1. The zero-order chi connectivity index (χ0) is 13.7. The Morgan fingerprint density at radius 2 is 2.00 bits per heavy atom. The highest BCUT2D eigenvalue weighted by atomic mass is 35.5. The van der Waals surface area contributed by atoms with Gasteiger partial charge in [-0.25, -0.2) is 0 Å². The van der Waals surface area contributed by atoms with E-state index in [1.54, 1.807) is 19.1 Å². The van der Waals surface area contributed by atoms with Crippen molar-refractivity contribution >= 4 is 23.4 Å². The molecule has 6 heteroatoms. The monoisotopic (exact) mass is 269 g/mol. The van der Waals surface area contributed by atoms with E-state index in [4.69, 9.17) is 23.1 Å². The third-order valence-corrected chi connectivity index (χ3v) is 2.83. The van der Waals surface area contributed by atoms with Crippen LogP contribution < -0.4 is 16.8 Å². The van der Waals surface area contributed by atoms with Crippen LogP contribution in [0.5, 0.6) is 0 Å². The highest BCUT2D eigenvalue weighted by Crippen LogP contribution is 2.22. The van der Waals surface area contributed by atoms with Crippen molar-refractivity contribution in [2.45, 2.75) is 25.4 Å². The second-order valence-electron chi connectivity index (χ2n) is 4.03. The average Bonchev–Trinajstić information content (AvgIpc) is 2.28. The van der Waals surface area contributed by atoms with Gasteiger partial charge in [-0.1, -0.05) is 29.8 Å². The molecule has 5 N–H and O–H groups in total. The molecule has 2 atom stereocenters. The molecule has 0 heterocycles. The molecule has 98 valence electrons. The molecule has 18 heavy (non-hydrogen) atoms. The van der Waals surface area contributed by atoms with Gasteiger partial charge in [0, 0.05) is 5.02 Å². The number of rotatable bonds is 5. The molecule has 0 aliphatic rings. The van der Waals surface area contributed by atoms with Crippen molar-refractivity contribution in [3.63, 3.8) is 0 Å². The minimum absolute atomic E-state index is 0.179. The molecule has 0 radical (unpaired) electrons. The van der Waals surface area contributed by atoms with Gasteiger partial charge in [0.05, 0.1) is 18.5 Å². The first-order chi connectivity index (χ1) is 8.41. The lowest BCUT2D eigenvalue weighted by molar-refractivity contribution is -0.126. The first-order valence-electron chi connectivity index (χ1n) is 5.50. The van der Waals surface area contributed by atoms with Crippen LogP contribution in [0.2, 0.25) is 5.02 Å².